The van der Waals surface area contributed by atoms with Crippen molar-refractivity contribution in [3.8, 4) is 16.9 Å². The maximum Gasteiger partial charge on any atom is 0.343 e. The summed E-state index contributed by atoms with van der Waals surface area (Å²) in [6.45, 7) is 2.28. The number of hydrogen-bond donors (Lipinski definition) is 0. The Morgan fingerprint density at radius 3 is 1.92 bits per heavy atom. The maximum atomic E-state index is 12.7. The number of benzene rings is 3. The number of carbonyl (C=O) groups is 1. The van der Waals surface area contributed by atoms with Gasteiger partial charge in [0.15, 0.2) is 0 Å². The van der Waals surface area contributed by atoms with Gasteiger partial charge in [-0.1, -0.05) is 126 Å². The van der Waals surface area contributed by atoms with Gasteiger partial charge >= 0.3 is 5.97 Å². The van der Waals surface area contributed by atoms with Gasteiger partial charge in [0.1, 0.15) is 5.75 Å². The molecule has 3 aromatic rings. The fourth-order valence-corrected chi connectivity index (χ4v) is 5.51. The quantitative estimate of drug-likeness (QED) is 0.0876. The van der Waals surface area contributed by atoms with Gasteiger partial charge in [-0.25, -0.2) is 4.79 Å². The van der Waals surface area contributed by atoms with Gasteiger partial charge in [0.05, 0.1) is 5.56 Å². The molecule has 0 N–H and O–H groups in total. The van der Waals surface area contributed by atoms with Crippen molar-refractivity contribution in [1.29, 1.82) is 0 Å². The number of carbonyl (C=O) groups excluding carboxylic acids is 1. The summed E-state index contributed by atoms with van der Waals surface area (Å²) in [5.41, 5.74) is 7.00. The molecule has 37 heavy (non-hydrogen) atoms. The number of rotatable bonds is 16. The lowest BCUT2D eigenvalue weighted by Crippen LogP contribution is -2.08. The van der Waals surface area contributed by atoms with Crippen LogP contribution in [0.2, 0.25) is 0 Å². The fourth-order valence-electron chi connectivity index (χ4n) is 5.51. The third kappa shape index (κ3) is 8.32. The lowest BCUT2D eigenvalue weighted by atomic mass is 10.0. The normalized spacial score (nSPS) is 11.8. The van der Waals surface area contributed by atoms with Crippen molar-refractivity contribution in [3.05, 3.63) is 89.0 Å². The Labute approximate surface area is 224 Å². The average Bonchev–Trinajstić information content (AvgIpc) is 3.29. The molecule has 0 bridgehead atoms. The van der Waals surface area contributed by atoms with Gasteiger partial charge in [0, 0.05) is 0 Å². The highest BCUT2D eigenvalue weighted by molar-refractivity contribution is 5.91. The van der Waals surface area contributed by atoms with Crippen molar-refractivity contribution in [3.63, 3.8) is 0 Å². The summed E-state index contributed by atoms with van der Waals surface area (Å²) < 4.78 is 5.71. The molecule has 0 radical (unpaired) electrons. The van der Waals surface area contributed by atoms with Gasteiger partial charge < -0.3 is 4.74 Å². The Kier molecular flexibility index (Phi) is 10.8. The van der Waals surface area contributed by atoms with E-state index in [1.807, 2.05) is 24.3 Å². The van der Waals surface area contributed by atoms with Crippen molar-refractivity contribution in [2.24, 2.45) is 0 Å². The van der Waals surface area contributed by atoms with E-state index in [0.29, 0.717) is 11.3 Å². The van der Waals surface area contributed by atoms with Crippen molar-refractivity contribution in [2.75, 3.05) is 0 Å². The minimum atomic E-state index is -0.289. The zero-order chi connectivity index (χ0) is 25.7. The average molecular weight is 497 g/mol. The summed E-state index contributed by atoms with van der Waals surface area (Å²) in [5.74, 6) is 0.329. The van der Waals surface area contributed by atoms with Crippen molar-refractivity contribution < 1.29 is 9.53 Å². The van der Waals surface area contributed by atoms with Crippen LogP contribution in [0.4, 0.5) is 0 Å². The van der Waals surface area contributed by atoms with E-state index in [-0.39, 0.29) is 5.97 Å². The lowest BCUT2D eigenvalue weighted by molar-refractivity contribution is 0.0734. The Morgan fingerprint density at radius 2 is 1.24 bits per heavy atom. The molecule has 0 saturated heterocycles. The highest BCUT2D eigenvalue weighted by atomic mass is 16.5. The predicted octanol–water partition coefficient (Wildman–Crippen LogP) is 10.1. The molecule has 0 unspecified atom stereocenters. The van der Waals surface area contributed by atoms with E-state index in [1.54, 1.807) is 0 Å². The van der Waals surface area contributed by atoms with Crippen LogP contribution in [0.15, 0.2) is 66.7 Å². The SMILES string of the molecule is CCCCCCCCCCCCCCCc1ccc(C(=O)Oc2ccc3c(c2)Cc2ccccc2-3)cc1. The summed E-state index contributed by atoms with van der Waals surface area (Å²) in [6, 6.07) is 22.4. The Balaban J connectivity index is 1.10. The van der Waals surface area contributed by atoms with Crippen molar-refractivity contribution in [2.45, 2.75) is 103 Å². The summed E-state index contributed by atoms with van der Waals surface area (Å²) >= 11 is 0. The summed E-state index contributed by atoms with van der Waals surface area (Å²) in [6.07, 6.45) is 19.9. The van der Waals surface area contributed by atoms with E-state index in [2.05, 4.69) is 49.4 Å². The van der Waals surface area contributed by atoms with Crippen LogP contribution in [0.5, 0.6) is 5.75 Å². The van der Waals surface area contributed by atoms with Crippen LogP contribution < -0.4 is 4.74 Å². The molecular formula is C35H44O2. The van der Waals surface area contributed by atoms with E-state index in [0.717, 1.165) is 12.8 Å². The maximum absolute atomic E-state index is 12.7. The van der Waals surface area contributed by atoms with Gasteiger partial charge in [-0.3, -0.25) is 0 Å². The molecule has 196 valence electrons. The van der Waals surface area contributed by atoms with Gasteiger partial charge in [0.2, 0.25) is 0 Å². The molecule has 0 saturated carbocycles. The summed E-state index contributed by atoms with van der Waals surface area (Å²) in [5, 5.41) is 0. The van der Waals surface area contributed by atoms with Crippen LogP contribution in [-0.4, -0.2) is 5.97 Å². The molecule has 1 aliphatic rings. The molecule has 0 atom stereocenters. The standard InChI is InChI=1S/C35H44O2/c1-2-3-4-5-6-7-8-9-10-11-12-13-14-17-28-20-22-29(23-21-28)35(36)37-32-24-25-34-31(27-32)26-30-18-15-16-19-33(30)34/h15-16,18-25,27H,2-14,17,26H2,1H3. The van der Waals surface area contributed by atoms with Crippen molar-refractivity contribution >= 4 is 5.97 Å². The number of aryl methyl sites for hydroxylation is 1. The van der Waals surface area contributed by atoms with E-state index in [9.17, 15) is 4.79 Å². The van der Waals surface area contributed by atoms with Gasteiger partial charge in [-0.2, -0.15) is 0 Å². The van der Waals surface area contributed by atoms with E-state index >= 15 is 0 Å². The Hall–Kier alpha value is -2.87. The molecular weight excluding hydrogens is 452 g/mol. The number of hydrogen-bond acceptors (Lipinski definition) is 2. The molecule has 4 rings (SSSR count). The van der Waals surface area contributed by atoms with Crippen LogP contribution in [0, 0.1) is 0 Å². The van der Waals surface area contributed by atoms with Gasteiger partial charge in [-0.05, 0) is 71.3 Å². The van der Waals surface area contributed by atoms with E-state index in [4.69, 9.17) is 4.74 Å². The van der Waals surface area contributed by atoms with Crippen LogP contribution in [-0.2, 0) is 12.8 Å². The third-order valence-corrected chi connectivity index (χ3v) is 7.73. The summed E-state index contributed by atoms with van der Waals surface area (Å²) in [7, 11) is 0. The first-order chi connectivity index (χ1) is 18.2. The van der Waals surface area contributed by atoms with Crippen LogP contribution in [0.3, 0.4) is 0 Å². The van der Waals surface area contributed by atoms with E-state index in [1.165, 1.54) is 111 Å². The molecule has 0 amide bonds. The largest absolute Gasteiger partial charge is 0.423 e. The predicted molar refractivity (Wildman–Crippen MR) is 155 cm³/mol. The van der Waals surface area contributed by atoms with Crippen LogP contribution in [0.1, 0.15) is 117 Å². The summed E-state index contributed by atoms with van der Waals surface area (Å²) in [4.78, 5) is 12.7. The molecule has 0 aromatic heterocycles. The molecule has 0 fully saturated rings. The zero-order valence-electron chi connectivity index (χ0n) is 22.8. The van der Waals surface area contributed by atoms with Gasteiger partial charge in [-0.15, -0.1) is 0 Å². The monoisotopic (exact) mass is 496 g/mol. The van der Waals surface area contributed by atoms with Crippen LogP contribution in [0.25, 0.3) is 11.1 Å². The first-order valence-electron chi connectivity index (χ1n) is 14.8. The number of unbranched alkanes of at least 4 members (excludes halogenated alkanes) is 12. The molecule has 0 spiro atoms. The molecule has 0 aliphatic heterocycles. The highest BCUT2D eigenvalue weighted by Gasteiger charge is 2.19. The third-order valence-electron chi connectivity index (χ3n) is 7.73. The first-order valence-corrected chi connectivity index (χ1v) is 14.8. The topological polar surface area (TPSA) is 26.3 Å². The van der Waals surface area contributed by atoms with Crippen molar-refractivity contribution in [1.82, 2.24) is 0 Å². The first kappa shape index (κ1) is 27.2. The minimum absolute atomic E-state index is 0.289. The number of ether oxygens (including phenoxy) is 1. The van der Waals surface area contributed by atoms with E-state index < -0.39 is 0 Å². The Morgan fingerprint density at radius 1 is 0.649 bits per heavy atom. The minimum Gasteiger partial charge on any atom is -0.423 e. The highest BCUT2D eigenvalue weighted by Crippen LogP contribution is 2.38. The molecule has 1 aliphatic carbocycles. The second-order valence-electron chi connectivity index (χ2n) is 10.7. The molecule has 0 heterocycles. The second-order valence-corrected chi connectivity index (χ2v) is 10.7. The molecule has 3 aromatic carbocycles. The Bertz CT molecular complexity index is 1110. The number of fused-ring (bicyclic) bond motifs is 3. The number of esters is 1. The second kappa shape index (κ2) is 14.8. The molecule has 2 nitrogen and oxygen atoms in total. The fraction of sp³-hybridized carbons (Fsp3) is 0.457. The van der Waals surface area contributed by atoms with Gasteiger partial charge in [0.25, 0.3) is 0 Å². The molecule has 2 heteroatoms. The lowest BCUT2D eigenvalue weighted by Gasteiger charge is -2.08. The van der Waals surface area contributed by atoms with Crippen LogP contribution >= 0.6 is 0 Å². The smallest absolute Gasteiger partial charge is 0.343 e. The zero-order valence-corrected chi connectivity index (χ0v) is 22.8.